The molecule has 0 spiro atoms. The molecule has 0 aliphatic heterocycles. The summed E-state index contributed by atoms with van der Waals surface area (Å²) in [7, 11) is -3.88. The van der Waals surface area contributed by atoms with Gasteiger partial charge in [0.1, 0.15) is 0 Å². The van der Waals surface area contributed by atoms with Crippen molar-refractivity contribution in [3.63, 3.8) is 0 Å². The van der Waals surface area contributed by atoms with Gasteiger partial charge in [0.2, 0.25) is 0 Å². The second-order valence-corrected chi connectivity index (χ2v) is 10.4. The van der Waals surface area contributed by atoms with E-state index >= 15 is 0 Å². The van der Waals surface area contributed by atoms with Gasteiger partial charge >= 0.3 is 0 Å². The smallest absolute Gasteiger partial charge is 0.271 e. The summed E-state index contributed by atoms with van der Waals surface area (Å²) in [5, 5.41) is 12.2. The number of fused-ring (bicyclic) bond motifs is 1. The molecule has 3 aromatic carbocycles. The monoisotopic (exact) mass is 519 g/mol. The molecule has 0 unspecified atom stereocenters. The van der Waals surface area contributed by atoms with Gasteiger partial charge in [0.25, 0.3) is 5.69 Å². The second kappa shape index (κ2) is 9.11. The maximum absolute atomic E-state index is 13.5. The normalized spacial score (nSPS) is 12.2. The lowest BCUT2D eigenvalue weighted by Gasteiger charge is -2.11. The summed E-state index contributed by atoms with van der Waals surface area (Å²) in [5.41, 5.74) is 1.72. The minimum Gasteiger partial charge on any atom is -0.330 e. The van der Waals surface area contributed by atoms with Crippen LogP contribution >= 0.6 is 35.4 Å². The standard InChI is InChI=1S/C22H15Cl2N3O4S2/c23-16-5-1-14(2-6-16)13-33(30,31)21(15-3-7-17(24)8-4-15)12-26-20-11-18(27(28)29)9-10-19(20)25-22(26)32/h1-12H,13H2,(H,25,32)/b21-12+. The first-order valence-corrected chi connectivity index (χ1v) is 12.3. The highest BCUT2D eigenvalue weighted by Gasteiger charge is 2.22. The second-order valence-electron chi connectivity index (χ2n) is 7.14. The highest BCUT2D eigenvalue weighted by molar-refractivity contribution is 8.00. The molecule has 1 aromatic heterocycles. The average molecular weight is 520 g/mol. The van der Waals surface area contributed by atoms with Gasteiger partial charge in [0, 0.05) is 28.4 Å². The molecule has 0 atom stereocenters. The van der Waals surface area contributed by atoms with Crippen LogP contribution in [0.4, 0.5) is 5.69 Å². The molecule has 168 valence electrons. The molecule has 0 saturated heterocycles. The average Bonchev–Trinajstić information content (AvgIpc) is 3.08. The molecule has 11 heteroatoms. The number of rotatable bonds is 6. The van der Waals surface area contributed by atoms with Crippen molar-refractivity contribution in [2.75, 3.05) is 0 Å². The number of non-ortho nitro benzene ring substituents is 1. The van der Waals surface area contributed by atoms with Gasteiger partial charge in [0.05, 0.1) is 26.6 Å². The van der Waals surface area contributed by atoms with Gasteiger partial charge in [-0.15, -0.1) is 0 Å². The van der Waals surface area contributed by atoms with Gasteiger partial charge < -0.3 is 4.98 Å². The SMILES string of the molecule is O=[N+]([O-])c1ccc2[nH]c(=S)n(/C=C(\c3ccc(Cl)cc3)S(=O)(=O)Cc3ccc(Cl)cc3)c2c1. The van der Waals surface area contributed by atoms with Crippen molar-refractivity contribution < 1.29 is 13.3 Å². The third kappa shape index (κ3) is 5.01. The quantitative estimate of drug-likeness (QED) is 0.178. The lowest BCUT2D eigenvalue weighted by atomic mass is 10.2. The number of sulfone groups is 1. The zero-order chi connectivity index (χ0) is 23.8. The summed E-state index contributed by atoms with van der Waals surface area (Å²) in [6.07, 6.45) is 1.37. The Morgan fingerprint density at radius 1 is 1.03 bits per heavy atom. The lowest BCUT2D eigenvalue weighted by Crippen LogP contribution is -2.08. The van der Waals surface area contributed by atoms with Crippen LogP contribution in [0.15, 0.2) is 66.7 Å². The van der Waals surface area contributed by atoms with Gasteiger partial charge in [-0.3, -0.25) is 14.7 Å². The van der Waals surface area contributed by atoms with Crippen molar-refractivity contribution >= 4 is 73.1 Å². The molecule has 0 aliphatic rings. The maximum atomic E-state index is 13.5. The Balaban J connectivity index is 1.92. The first-order chi connectivity index (χ1) is 15.6. The van der Waals surface area contributed by atoms with Crippen molar-refractivity contribution in [3.8, 4) is 0 Å². The number of benzene rings is 3. The number of nitro benzene ring substituents is 1. The molecule has 0 bridgehead atoms. The molecular weight excluding hydrogens is 505 g/mol. The van der Waals surface area contributed by atoms with E-state index in [0.717, 1.165) is 0 Å². The van der Waals surface area contributed by atoms with Gasteiger partial charge in [-0.05, 0) is 53.7 Å². The predicted octanol–water partition coefficient (Wildman–Crippen LogP) is 6.48. The van der Waals surface area contributed by atoms with Crippen molar-refractivity contribution in [2.45, 2.75) is 5.75 Å². The molecule has 0 saturated carbocycles. The first kappa shape index (κ1) is 23.2. The molecule has 0 fully saturated rings. The summed E-state index contributed by atoms with van der Waals surface area (Å²) < 4.78 is 28.6. The lowest BCUT2D eigenvalue weighted by molar-refractivity contribution is -0.384. The molecule has 7 nitrogen and oxygen atoms in total. The molecule has 0 aliphatic carbocycles. The van der Waals surface area contributed by atoms with E-state index in [1.165, 1.54) is 29.0 Å². The van der Waals surface area contributed by atoms with Gasteiger partial charge in [0.15, 0.2) is 14.6 Å². The van der Waals surface area contributed by atoms with Crippen LogP contribution < -0.4 is 0 Å². The van der Waals surface area contributed by atoms with Crippen molar-refractivity contribution in [1.82, 2.24) is 9.55 Å². The number of imidazole rings is 1. The van der Waals surface area contributed by atoms with E-state index < -0.39 is 14.8 Å². The maximum Gasteiger partial charge on any atom is 0.271 e. The Morgan fingerprint density at radius 3 is 2.24 bits per heavy atom. The van der Waals surface area contributed by atoms with Crippen LogP contribution in [-0.2, 0) is 15.6 Å². The molecule has 1 heterocycles. The third-order valence-corrected chi connectivity index (χ3v) is 7.42. The summed E-state index contributed by atoms with van der Waals surface area (Å²) in [6, 6.07) is 17.1. The molecule has 4 rings (SSSR count). The number of hydrogen-bond donors (Lipinski definition) is 1. The number of nitrogens with zero attached hydrogens (tertiary/aromatic N) is 2. The molecule has 0 amide bonds. The fraction of sp³-hybridized carbons (Fsp3) is 0.0455. The van der Waals surface area contributed by atoms with E-state index in [9.17, 15) is 18.5 Å². The zero-order valence-corrected chi connectivity index (χ0v) is 19.9. The Hall–Kier alpha value is -2.98. The molecule has 33 heavy (non-hydrogen) atoms. The van der Waals surface area contributed by atoms with Gasteiger partial charge in [-0.2, -0.15) is 0 Å². The first-order valence-electron chi connectivity index (χ1n) is 9.48. The predicted molar refractivity (Wildman–Crippen MR) is 133 cm³/mol. The topological polar surface area (TPSA) is 98.0 Å². The van der Waals surface area contributed by atoms with Gasteiger partial charge in [-0.25, -0.2) is 8.42 Å². The van der Waals surface area contributed by atoms with Crippen LogP contribution in [0, 0.1) is 14.9 Å². The Kier molecular flexibility index (Phi) is 6.40. The van der Waals surface area contributed by atoms with Crippen LogP contribution in [0.3, 0.4) is 0 Å². The van der Waals surface area contributed by atoms with E-state index in [1.54, 1.807) is 48.5 Å². The molecule has 4 aromatic rings. The number of nitro groups is 1. The van der Waals surface area contributed by atoms with Crippen LogP contribution in [0.5, 0.6) is 0 Å². The van der Waals surface area contributed by atoms with Crippen LogP contribution in [-0.4, -0.2) is 22.9 Å². The highest BCUT2D eigenvalue weighted by Crippen LogP contribution is 2.29. The minimum atomic E-state index is -3.88. The Bertz CT molecular complexity index is 1560. The molecule has 0 radical (unpaired) electrons. The van der Waals surface area contributed by atoms with Crippen LogP contribution in [0.25, 0.3) is 22.1 Å². The summed E-state index contributed by atoms with van der Waals surface area (Å²) in [6.45, 7) is 0. The van der Waals surface area contributed by atoms with Crippen molar-refractivity contribution in [2.24, 2.45) is 0 Å². The number of aromatic amines is 1. The van der Waals surface area contributed by atoms with Gasteiger partial charge in [-0.1, -0.05) is 47.5 Å². The summed E-state index contributed by atoms with van der Waals surface area (Å²) in [5.74, 6) is -0.283. The summed E-state index contributed by atoms with van der Waals surface area (Å²) in [4.78, 5) is 13.7. The minimum absolute atomic E-state index is 0.0161. The highest BCUT2D eigenvalue weighted by atomic mass is 35.5. The number of H-pyrrole nitrogens is 1. The number of aromatic nitrogens is 2. The Morgan fingerprint density at radius 2 is 1.64 bits per heavy atom. The van der Waals surface area contributed by atoms with Crippen LogP contribution in [0.2, 0.25) is 10.0 Å². The van der Waals surface area contributed by atoms with E-state index in [2.05, 4.69) is 4.98 Å². The fourth-order valence-electron chi connectivity index (χ4n) is 3.30. The largest absolute Gasteiger partial charge is 0.330 e. The van der Waals surface area contributed by atoms with Crippen molar-refractivity contribution in [3.05, 3.63) is 103 Å². The molecule has 1 N–H and O–H groups in total. The number of halogens is 2. The van der Waals surface area contributed by atoms with E-state index in [1.807, 2.05) is 0 Å². The van der Waals surface area contributed by atoms with E-state index in [4.69, 9.17) is 35.4 Å². The Labute approximate surface area is 204 Å². The van der Waals surface area contributed by atoms with Crippen LogP contribution in [0.1, 0.15) is 11.1 Å². The zero-order valence-electron chi connectivity index (χ0n) is 16.7. The number of nitrogens with one attached hydrogen (secondary N) is 1. The molecular formula is C22H15Cl2N3O4S2. The summed E-state index contributed by atoms with van der Waals surface area (Å²) >= 11 is 17.3. The van der Waals surface area contributed by atoms with E-state index in [-0.39, 0.29) is 21.1 Å². The van der Waals surface area contributed by atoms with E-state index in [0.29, 0.717) is 32.2 Å². The third-order valence-electron chi connectivity index (χ3n) is 4.89. The number of hydrogen-bond acceptors (Lipinski definition) is 5. The fourth-order valence-corrected chi connectivity index (χ4v) is 5.36. The van der Waals surface area contributed by atoms with Crippen molar-refractivity contribution in [1.29, 1.82) is 0 Å².